The van der Waals surface area contributed by atoms with Crippen LogP contribution in [0.25, 0.3) is 11.5 Å². The number of carbonyl (C=O) groups excluding carboxylic acids is 1. The predicted octanol–water partition coefficient (Wildman–Crippen LogP) is 2.81. The Bertz CT molecular complexity index is 941. The van der Waals surface area contributed by atoms with Crippen molar-refractivity contribution in [2.24, 2.45) is 0 Å². The summed E-state index contributed by atoms with van der Waals surface area (Å²) in [5.74, 6) is 0.734. The molecule has 2 aromatic heterocycles. The van der Waals surface area contributed by atoms with Crippen LogP contribution in [0.1, 0.15) is 10.5 Å². The van der Waals surface area contributed by atoms with Crippen molar-refractivity contribution < 1.29 is 18.7 Å². The highest BCUT2D eigenvalue weighted by molar-refractivity contribution is 5.93. The van der Waals surface area contributed by atoms with Crippen molar-refractivity contribution in [2.45, 2.75) is 0 Å². The molecule has 0 N–H and O–H groups in total. The van der Waals surface area contributed by atoms with E-state index in [2.05, 4.69) is 10.1 Å². The van der Waals surface area contributed by atoms with Gasteiger partial charge in [-0.1, -0.05) is 5.16 Å². The summed E-state index contributed by atoms with van der Waals surface area (Å²) >= 11 is 0. The van der Waals surface area contributed by atoms with E-state index in [1.54, 1.807) is 35.2 Å². The summed E-state index contributed by atoms with van der Waals surface area (Å²) in [6.45, 7) is 2.32. The van der Waals surface area contributed by atoms with E-state index in [4.69, 9.17) is 8.94 Å². The normalized spacial score (nSPS) is 14.4. The first-order valence-corrected chi connectivity index (χ1v) is 8.41. The van der Waals surface area contributed by atoms with Crippen molar-refractivity contribution in [3.05, 3.63) is 64.5 Å². The Labute approximate surface area is 153 Å². The number of piperazine rings is 1. The van der Waals surface area contributed by atoms with Gasteiger partial charge in [0.1, 0.15) is 0 Å². The molecule has 4 rings (SSSR count). The molecule has 0 bridgehead atoms. The fourth-order valence-corrected chi connectivity index (χ4v) is 3.03. The lowest BCUT2D eigenvalue weighted by atomic mass is 10.2. The number of hydrogen-bond acceptors (Lipinski definition) is 7. The van der Waals surface area contributed by atoms with Crippen molar-refractivity contribution >= 4 is 17.3 Å². The summed E-state index contributed by atoms with van der Waals surface area (Å²) in [7, 11) is 0. The Morgan fingerprint density at radius 3 is 2.44 bits per heavy atom. The van der Waals surface area contributed by atoms with Crippen LogP contribution < -0.4 is 4.90 Å². The van der Waals surface area contributed by atoms with Gasteiger partial charge in [0.25, 0.3) is 11.6 Å². The quantitative estimate of drug-likeness (QED) is 0.515. The largest absolute Gasteiger partial charge is 0.461 e. The topological polar surface area (TPSA) is 106 Å². The molecule has 0 radical (unpaired) electrons. The van der Waals surface area contributed by atoms with Gasteiger partial charge in [-0.15, -0.1) is 0 Å². The molecule has 1 aliphatic rings. The second-order valence-corrected chi connectivity index (χ2v) is 6.11. The lowest BCUT2D eigenvalue weighted by Crippen LogP contribution is -2.48. The molecule has 27 heavy (non-hydrogen) atoms. The Morgan fingerprint density at radius 2 is 1.81 bits per heavy atom. The van der Waals surface area contributed by atoms with Crippen LogP contribution in [0.3, 0.4) is 0 Å². The van der Waals surface area contributed by atoms with Crippen molar-refractivity contribution in [2.75, 3.05) is 31.1 Å². The number of nitro benzene ring substituents is 1. The van der Waals surface area contributed by atoms with E-state index in [0.29, 0.717) is 37.7 Å². The Kier molecular flexibility index (Phi) is 4.33. The lowest BCUT2D eigenvalue weighted by Gasteiger charge is -2.35. The van der Waals surface area contributed by atoms with Gasteiger partial charge in [0.2, 0.25) is 5.76 Å². The van der Waals surface area contributed by atoms with Crippen LogP contribution >= 0.6 is 0 Å². The third-order valence-electron chi connectivity index (χ3n) is 4.49. The number of amides is 1. The van der Waals surface area contributed by atoms with Gasteiger partial charge in [0.15, 0.2) is 11.5 Å². The molecule has 138 valence electrons. The molecular formula is C18H16N4O5. The number of benzene rings is 1. The van der Waals surface area contributed by atoms with Crippen LogP contribution in [-0.2, 0) is 0 Å². The zero-order chi connectivity index (χ0) is 18.8. The van der Waals surface area contributed by atoms with Gasteiger partial charge in [0, 0.05) is 50.1 Å². The van der Waals surface area contributed by atoms with Gasteiger partial charge in [0.05, 0.1) is 11.2 Å². The van der Waals surface area contributed by atoms with Crippen LogP contribution in [0.5, 0.6) is 0 Å². The highest BCUT2D eigenvalue weighted by Gasteiger charge is 2.25. The number of rotatable bonds is 4. The molecule has 0 atom stereocenters. The molecule has 1 aliphatic heterocycles. The third-order valence-corrected chi connectivity index (χ3v) is 4.49. The highest BCUT2D eigenvalue weighted by atomic mass is 16.6. The Balaban J connectivity index is 1.38. The second-order valence-electron chi connectivity index (χ2n) is 6.11. The number of nitro groups is 1. The molecule has 9 nitrogen and oxygen atoms in total. The zero-order valence-corrected chi connectivity index (χ0v) is 14.3. The monoisotopic (exact) mass is 368 g/mol. The Hall–Kier alpha value is -3.62. The van der Waals surface area contributed by atoms with E-state index in [9.17, 15) is 14.9 Å². The fraction of sp³-hybridized carbons (Fsp3) is 0.222. The first-order valence-electron chi connectivity index (χ1n) is 8.41. The molecule has 3 heterocycles. The average Bonchev–Trinajstić information content (AvgIpc) is 3.39. The number of carbonyl (C=O) groups is 1. The van der Waals surface area contributed by atoms with Crippen LogP contribution in [0.4, 0.5) is 11.4 Å². The molecule has 1 amide bonds. The first-order chi connectivity index (χ1) is 13.1. The summed E-state index contributed by atoms with van der Waals surface area (Å²) in [5.41, 5.74) is 1.20. The molecule has 1 fully saturated rings. The smallest absolute Gasteiger partial charge is 0.276 e. The van der Waals surface area contributed by atoms with Crippen molar-refractivity contribution in [3.8, 4) is 11.5 Å². The summed E-state index contributed by atoms with van der Waals surface area (Å²) < 4.78 is 10.4. The average molecular weight is 368 g/mol. The fourth-order valence-electron chi connectivity index (χ4n) is 3.03. The minimum atomic E-state index is -0.421. The van der Waals surface area contributed by atoms with E-state index in [0.717, 1.165) is 5.69 Å². The van der Waals surface area contributed by atoms with E-state index < -0.39 is 4.92 Å². The number of hydrogen-bond donors (Lipinski definition) is 0. The van der Waals surface area contributed by atoms with E-state index in [-0.39, 0.29) is 17.3 Å². The number of anilines is 1. The summed E-state index contributed by atoms with van der Waals surface area (Å²) in [6.07, 6.45) is 1.52. The predicted molar refractivity (Wildman–Crippen MR) is 95.4 cm³/mol. The van der Waals surface area contributed by atoms with Crippen molar-refractivity contribution in [1.82, 2.24) is 10.1 Å². The minimum Gasteiger partial charge on any atom is -0.461 e. The SMILES string of the molecule is O=C(c1cc(-c2ccco2)on1)N1CCN(c2ccc([N+](=O)[O-])cc2)CC1. The van der Waals surface area contributed by atoms with E-state index >= 15 is 0 Å². The van der Waals surface area contributed by atoms with Crippen LogP contribution in [0.15, 0.2) is 57.7 Å². The highest BCUT2D eigenvalue weighted by Crippen LogP contribution is 2.23. The van der Waals surface area contributed by atoms with E-state index in [1.807, 2.05) is 0 Å². The molecule has 3 aromatic rings. The Morgan fingerprint density at radius 1 is 1.07 bits per heavy atom. The number of non-ortho nitro benzene ring substituents is 1. The second kappa shape index (κ2) is 6.94. The third kappa shape index (κ3) is 3.39. The van der Waals surface area contributed by atoms with Gasteiger partial charge in [-0.25, -0.2) is 0 Å². The summed E-state index contributed by atoms with van der Waals surface area (Å²) in [6, 6.07) is 11.5. The molecular weight excluding hydrogens is 352 g/mol. The van der Waals surface area contributed by atoms with Crippen LogP contribution in [0.2, 0.25) is 0 Å². The van der Waals surface area contributed by atoms with Crippen molar-refractivity contribution in [1.29, 1.82) is 0 Å². The van der Waals surface area contributed by atoms with Crippen LogP contribution in [-0.4, -0.2) is 47.1 Å². The minimum absolute atomic E-state index is 0.0611. The molecule has 9 heteroatoms. The molecule has 0 saturated carbocycles. The standard InChI is InChI=1S/C18H16N4O5/c23-18(15-12-17(27-19-15)16-2-1-11-26-16)21-9-7-20(8-10-21)13-3-5-14(6-4-13)22(24)25/h1-6,11-12H,7-10H2. The number of furan rings is 1. The summed E-state index contributed by atoms with van der Waals surface area (Å²) in [5, 5.41) is 14.6. The number of nitrogens with zero attached hydrogens (tertiary/aromatic N) is 4. The van der Waals surface area contributed by atoms with Gasteiger partial charge < -0.3 is 18.7 Å². The maximum absolute atomic E-state index is 12.6. The molecule has 1 aromatic carbocycles. The van der Waals surface area contributed by atoms with Gasteiger partial charge in [-0.3, -0.25) is 14.9 Å². The molecule has 1 saturated heterocycles. The van der Waals surface area contributed by atoms with Gasteiger partial charge in [-0.2, -0.15) is 0 Å². The van der Waals surface area contributed by atoms with Gasteiger partial charge in [-0.05, 0) is 24.3 Å². The van der Waals surface area contributed by atoms with E-state index in [1.165, 1.54) is 18.4 Å². The lowest BCUT2D eigenvalue weighted by molar-refractivity contribution is -0.384. The van der Waals surface area contributed by atoms with Crippen molar-refractivity contribution in [3.63, 3.8) is 0 Å². The van der Waals surface area contributed by atoms with Crippen LogP contribution in [0, 0.1) is 10.1 Å². The molecule has 0 spiro atoms. The zero-order valence-electron chi connectivity index (χ0n) is 14.3. The maximum atomic E-state index is 12.6. The van der Waals surface area contributed by atoms with Gasteiger partial charge >= 0.3 is 0 Å². The summed E-state index contributed by atoms with van der Waals surface area (Å²) in [4.78, 5) is 26.8. The maximum Gasteiger partial charge on any atom is 0.276 e. The first kappa shape index (κ1) is 16.8. The number of aromatic nitrogens is 1. The molecule has 0 unspecified atom stereocenters. The molecule has 0 aliphatic carbocycles.